The van der Waals surface area contributed by atoms with Gasteiger partial charge in [-0.05, 0) is 42.5 Å². The average molecular weight is 475 g/mol. The summed E-state index contributed by atoms with van der Waals surface area (Å²) in [6, 6.07) is 20.9. The monoisotopic (exact) mass is 474 g/mol. The van der Waals surface area contributed by atoms with Crippen molar-refractivity contribution >= 4 is 29.2 Å². The third-order valence-corrected chi connectivity index (χ3v) is 6.55. The van der Waals surface area contributed by atoms with Gasteiger partial charge in [0.2, 0.25) is 11.8 Å². The van der Waals surface area contributed by atoms with Crippen molar-refractivity contribution in [1.82, 2.24) is 15.1 Å². The Balaban J connectivity index is 1.39. The molecule has 0 aliphatic carbocycles. The molecule has 2 amide bonds. The summed E-state index contributed by atoms with van der Waals surface area (Å²) in [5.41, 5.74) is 2.39. The molecule has 8 nitrogen and oxygen atoms in total. The minimum absolute atomic E-state index is 0.160. The molecule has 0 spiro atoms. The van der Waals surface area contributed by atoms with Gasteiger partial charge in [0.1, 0.15) is 6.54 Å². The normalized spacial score (nSPS) is 12.0. The first-order valence-electron chi connectivity index (χ1n) is 10.5. The molecule has 0 N–H and O–H groups in total. The molecule has 0 bridgehead atoms. The van der Waals surface area contributed by atoms with Crippen LogP contribution in [0.4, 0.5) is 16.2 Å². The highest BCUT2D eigenvalue weighted by Crippen LogP contribution is 2.48. The van der Waals surface area contributed by atoms with E-state index in [9.17, 15) is 4.79 Å². The van der Waals surface area contributed by atoms with Crippen LogP contribution in [-0.4, -0.2) is 42.4 Å². The van der Waals surface area contributed by atoms with E-state index in [1.54, 1.807) is 55.0 Å². The van der Waals surface area contributed by atoms with Gasteiger partial charge in [0, 0.05) is 22.4 Å². The summed E-state index contributed by atoms with van der Waals surface area (Å²) in [4.78, 5) is 18.9. The fourth-order valence-corrected chi connectivity index (χ4v) is 4.81. The zero-order chi connectivity index (χ0) is 23.7. The van der Waals surface area contributed by atoms with Crippen LogP contribution in [0, 0.1) is 0 Å². The van der Waals surface area contributed by atoms with Gasteiger partial charge in [-0.15, -0.1) is 10.2 Å². The van der Waals surface area contributed by atoms with E-state index in [4.69, 9.17) is 13.9 Å². The van der Waals surface area contributed by atoms with Crippen LogP contribution in [0.15, 0.2) is 80.9 Å². The molecule has 0 atom stereocenters. The second-order valence-electron chi connectivity index (χ2n) is 7.58. The summed E-state index contributed by atoms with van der Waals surface area (Å²) in [7, 11) is 4.86. The van der Waals surface area contributed by atoms with Gasteiger partial charge >= 0.3 is 6.03 Å². The second kappa shape index (κ2) is 9.11. The Bertz CT molecular complexity index is 1310. The molecule has 0 fully saturated rings. The molecule has 34 heavy (non-hydrogen) atoms. The molecule has 1 aromatic heterocycles. The molecule has 0 radical (unpaired) electrons. The number of methoxy groups -OCH3 is 2. The van der Waals surface area contributed by atoms with Crippen LogP contribution in [-0.2, 0) is 6.54 Å². The number of nitrogens with zero attached hydrogens (tertiary/aromatic N) is 4. The minimum atomic E-state index is -0.189. The maximum Gasteiger partial charge on any atom is 0.329 e. The summed E-state index contributed by atoms with van der Waals surface area (Å²) in [6.45, 7) is 0.160. The maximum atomic E-state index is 13.6. The summed E-state index contributed by atoms with van der Waals surface area (Å²) >= 11 is 1.65. The maximum absolute atomic E-state index is 13.6. The van der Waals surface area contributed by atoms with E-state index in [2.05, 4.69) is 10.2 Å². The zero-order valence-electron chi connectivity index (χ0n) is 18.9. The van der Waals surface area contributed by atoms with Gasteiger partial charge in [-0.2, -0.15) is 0 Å². The summed E-state index contributed by atoms with van der Waals surface area (Å²) in [5.74, 6) is 1.83. The number of rotatable bonds is 5. The quantitative estimate of drug-likeness (QED) is 0.372. The summed E-state index contributed by atoms with van der Waals surface area (Å²) < 4.78 is 16.5. The van der Waals surface area contributed by atoms with Crippen LogP contribution in [0.5, 0.6) is 11.5 Å². The number of amides is 2. The first-order chi connectivity index (χ1) is 16.6. The van der Waals surface area contributed by atoms with Crippen LogP contribution in [0.2, 0.25) is 0 Å². The lowest BCUT2D eigenvalue weighted by Crippen LogP contribution is -2.39. The van der Waals surface area contributed by atoms with Crippen molar-refractivity contribution in [2.75, 3.05) is 26.2 Å². The fraction of sp³-hybridized carbons (Fsp3) is 0.160. The molecule has 172 valence electrons. The molecule has 1 aliphatic rings. The fourth-order valence-electron chi connectivity index (χ4n) is 3.76. The van der Waals surface area contributed by atoms with E-state index in [-0.39, 0.29) is 12.6 Å². The van der Waals surface area contributed by atoms with Crippen LogP contribution in [0.3, 0.4) is 0 Å². The highest BCUT2D eigenvalue weighted by molar-refractivity contribution is 7.99. The van der Waals surface area contributed by atoms with Crippen molar-refractivity contribution in [2.45, 2.75) is 16.3 Å². The van der Waals surface area contributed by atoms with Crippen LogP contribution in [0.25, 0.3) is 11.5 Å². The number of ether oxygens (including phenoxy) is 2. The highest BCUT2D eigenvalue weighted by Gasteiger charge is 2.30. The van der Waals surface area contributed by atoms with Crippen LogP contribution >= 0.6 is 11.8 Å². The molecule has 2 heterocycles. The molecule has 9 heteroatoms. The number of carbonyl (C=O) groups is 1. The van der Waals surface area contributed by atoms with Crippen molar-refractivity contribution in [2.24, 2.45) is 0 Å². The Morgan fingerprint density at radius 2 is 1.59 bits per heavy atom. The zero-order valence-corrected chi connectivity index (χ0v) is 19.7. The lowest BCUT2D eigenvalue weighted by atomic mass is 10.2. The van der Waals surface area contributed by atoms with E-state index in [0.29, 0.717) is 28.8 Å². The van der Waals surface area contributed by atoms with E-state index in [1.165, 1.54) is 0 Å². The number of carbonyl (C=O) groups excluding carboxylic acids is 1. The molecule has 0 saturated heterocycles. The van der Waals surface area contributed by atoms with E-state index >= 15 is 0 Å². The number of benzene rings is 3. The number of anilines is 2. The first kappa shape index (κ1) is 21.8. The van der Waals surface area contributed by atoms with Crippen molar-refractivity contribution in [1.29, 1.82) is 0 Å². The van der Waals surface area contributed by atoms with Crippen molar-refractivity contribution in [3.8, 4) is 23.0 Å². The smallest absolute Gasteiger partial charge is 0.329 e. The third kappa shape index (κ3) is 3.94. The van der Waals surface area contributed by atoms with Gasteiger partial charge in [0.25, 0.3) is 0 Å². The van der Waals surface area contributed by atoms with E-state index in [1.807, 2.05) is 54.6 Å². The van der Waals surface area contributed by atoms with Crippen LogP contribution in [0.1, 0.15) is 5.89 Å². The van der Waals surface area contributed by atoms with Crippen LogP contribution < -0.4 is 14.4 Å². The summed E-state index contributed by atoms with van der Waals surface area (Å²) in [5, 5.41) is 8.29. The number of fused-ring (bicyclic) bond motifs is 2. The van der Waals surface area contributed by atoms with Gasteiger partial charge in [0.15, 0.2) is 11.5 Å². The lowest BCUT2D eigenvalue weighted by molar-refractivity contribution is 0.211. The minimum Gasteiger partial charge on any atom is -0.493 e. The highest BCUT2D eigenvalue weighted by atomic mass is 32.2. The molecule has 4 aromatic rings. The average Bonchev–Trinajstić information content (AvgIpc) is 3.34. The lowest BCUT2D eigenvalue weighted by Gasteiger charge is -2.33. The van der Waals surface area contributed by atoms with Gasteiger partial charge < -0.3 is 18.8 Å². The number of hydrogen-bond acceptors (Lipinski definition) is 7. The Morgan fingerprint density at radius 1 is 0.941 bits per heavy atom. The molecular formula is C25H22N4O4S. The van der Waals surface area contributed by atoms with Gasteiger partial charge in [-0.1, -0.05) is 36.0 Å². The molecule has 0 unspecified atom stereocenters. The standard InChI is InChI=1S/C25H22N4O4S/c1-28(15-23-26-27-24(33-23)16-12-13-19(31-2)20(14-16)32-3)25(30)29-17-8-4-6-10-21(17)34-22-11-7-5-9-18(22)29/h4-14H,15H2,1-3H3. The third-order valence-electron chi connectivity index (χ3n) is 5.42. The Kier molecular flexibility index (Phi) is 5.85. The number of hydrogen-bond donors (Lipinski definition) is 0. The number of urea groups is 1. The molecule has 0 saturated carbocycles. The van der Waals surface area contributed by atoms with Gasteiger partial charge in [0.05, 0.1) is 25.6 Å². The van der Waals surface area contributed by atoms with Crippen molar-refractivity contribution in [3.63, 3.8) is 0 Å². The largest absolute Gasteiger partial charge is 0.493 e. The van der Waals surface area contributed by atoms with Gasteiger partial charge in [-0.25, -0.2) is 4.79 Å². The first-order valence-corrected chi connectivity index (χ1v) is 11.4. The predicted octanol–water partition coefficient (Wildman–Crippen LogP) is 5.61. The SMILES string of the molecule is COc1ccc(-c2nnc(CN(C)C(=O)N3c4ccccc4Sc4ccccc43)o2)cc1OC. The topological polar surface area (TPSA) is 80.9 Å². The van der Waals surface area contributed by atoms with E-state index in [0.717, 1.165) is 21.2 Å². The molecule has 1 aliphatic heterocycles. The summed E-state index contributed by atoms with van der Waals surface area (Å²) in [6.07, 6.45) is 0. The number of aromatic nitrogens is 2. The van der Waals surface area contributed by atoms with Crippen molar-refractivity contribution < 1.29 is 18.7 Å². The second-order valence-corrected chi connectivity index (χ2v) is 8.67. The van der Waals surface area contributed by atoms with E-state index < -0.39 is 0 Å². The Morgan fingerprint density at radius 3 is 2.24 bits per heavy atom. The van der Waals surface area contributed by atoms with Crippen molar-refractivity contribution in [3.05, 3.63) is 72.6 Å². The Hall–Kier alpha value is -3.98. The van der Waals surface area contributed by atoms with Gasteiger partial charge in [-0.3, -0.25) is 4.90 Å². The number of para-hydroxylation sites is 2. The predicted molar refractivity (Wildman–Crippen MR) is 129 cm³/mol. The Labute approximate surface area is 201 Å². The molecular weight excluding hydrogens is 452 g/mol. The molecule has 3 aromatic carbocycles. The molecule has 5 rings (SSSR count).